The van der Waals surface area contributed by atoms with Gasteiger partial charge in [-0.3, -0.25) is 4.79 Å². The zero-order valence-electron chi connectivity index (χ0n) is 17.5. The average Bonchev–Trinajstić information content (AvgIpc) is 3.58. The monoisotopic (exact) mass is 412 g/mol. The zero-order chi connectivity index (χ0) is 20.9. The van der Waals surface area contributed by atoms with Crippen LogP contribution >= 0.6 is 0 Å². The molecule has 2 aromatic rings. The first-order chi connectivity index (χ1) is 14.6. The van der Waals surface area contributed by atoms with Crippen molar-refractivity contribution in [3.05, 3.63) is 47.7 Å². The fourth-order valence-electron chi connectivity index (χ4n) is 3.85. The minimum atomic E-state index is -0.302. The molecule has 0 spiro atoms. The highest BCUT2D eigenvalue weighted by Crippen LogP contribution is 2.31. The molecule has 7 heteroatoms. The number of rotatable bonds is 9. The Hall–Kier alpha value is -2.54. The number of hydrogen-bond acceptors (Lipinski definition) is 6. The summed E-state index contributed by atoms with van der Waals surface area (Å²) >= 11 is 0. The van der Waals surface area contributed by atoms with Gasteiger partial charge in [0.1, 0.15) is 23.7 Å². The molecule has 2 heterocycles. The fourth-order valence-corrected chi connectivity index (χ4v) is 3.85. The summed E-state index contributed by atoms with van der Waals surface area (Å²) in [5.74, 6) is 1.11. The summed E-state index contributed by atoms with van der Waals surface area (Å²) in [6, 6.07) is 6.82. The lowest BCUT2D eigenvalue weighted by atomic mass is 10.1. The van der Waals surface area contributed by atoms with Crippen molar-refractivity contribution in [2.45, 2.75) is 32.6 Å². The number of anilines is 2. The maximum absolute atomic E-state index is 14.6. The Morgan fingerprint density at radius 2 is 2.03 bits per heavy atom. The number of carbonyl (C=O) groups is 1. The molecule has 1 aromatic carbocycles. The molecule has 1 aromatic heterocycles. The van der Waals surface area contributed by atoms with Crippen molar-refractivity contribution in [2.24, 2.45) is 5.92 Å². The second-order valence-corrected chi connectivity index (χ2v) is 8.14. The second kappa shape index (κ2) is 9.51. The summed E-state index contributed by atoms with van der Waals surface area (Å²) in [5, 5.41) is 0. The molecule has 4 rings (SSSR count). The van der Waals surface area contributed by atoms with E-state index in [1.807, 2.05) is 11.0 Å². The quantitative estimate of drug-likeness (QED) is 0.588. The first-order valence-electron chi connectivity index (χ1n) is 10.9. The summed E-state index contributed by atoms with van der Waals surface area (Å²) in [7, 11) is 0. The van der Waals surface area contributed by atoms with E-state index < -0.39 is 0 Å². The number of halogens is 1. The van der Waals surface area contributed by atoms with Crippen molar-refractivity contribution in [3.8, 4) is 0 Å². The lowest BCUT2D eigenvalue weighted by Crippen LogP contribution is -2.36. The van der Waals surface area contributed by atoms with E-state index >= 15 is 0 Å². The number of ketones is 1. The normalized spacial score (nSPS) is 16.5. The Bertz CT molecular complexity index is 881. The Balaban J connectivity index is 1.45. The van der Waals surface area contributed by atoms with E-state index in [2.05, 4.69) is 21.8 Å². The molecular weight excluding hydrogens is 383 g/mol. The number of Topliss-reactive ketones (excluding diaryl/α,β-unsaturated/α-hetero) is 1. The van der Waals surface area contributed by atoms with Crippen molar-refractivity contribution in [1.29, 1.82) is 0 Å². The number of morpholine rings is 1. The topological polar surface area (TPSA) is 58.6 Å². The van der Waals surface area contributed by atoms with Gasteiger partial charge in [-0.05, 0) is 42.9 Å². The molecule has 0 radical (unpaired) electrons. The molecule has 1 saturated carbocycles. The van der Waals surface area contributed by atoms with Crippen LogP contribution in [-0.2, 0) is 11.2 Å². The Morgan fingerprint density at radius 1 is 1.23 bits per heavy atom. The van der Waals surface area contributed by atoms with Gasteiger partial charge in [0, 0.05) is 38.7 Å². The average molecular weight is 413 g/mol. The van der Waals surface area contributed by atoms with Crippen molar-refractivity contribution in [1.82, 2.24) is 9.97 Å². The lowest BCUT2D eigenvalue weighted by molar-refractivity contribution is 0.0988. The minimum Gasteiger partial charge on any atom is -0.378 e. The van der Waals surface area contributed by atoms with E-state index in [-0.39, 0.29) is 18.0 Å². The molecule has 160 valence electrons. The van der Waals surface area contributed by atoms with Gasteiger partial charge in [-0.2, -0.15) is 0 Å². The van der Waals surface area contributed by atoms with Gasteiger partial charge < -0.3 is 14.5 Å². The molecule has 1 aliphatic carbocycles. The van der Waals surface area contributed by atoms with Crippen LogP contribution in [0.4, 0.5) is 15.9 Å². The molecule has 6 nitrogen and oxygen atoms in total. The van der Waals surface area contributed by atoms with Gasteiger partial charge >= 0.3 is 0 Å². The number of hydrogen-bond donors (Lipinski definition) is 0. The van der Waals surface area contributed by atoms with Crippen LogP contribution < -0.4 is 9.80 Å². The fraction of sp³-hybridized carbons (Fsp3) is 0.522. The van der Waals surface area contributed by atoms with Gasteiger partial charge in [0.05, 0.1) is 18.9 Å². The summed E-state index contributed by atoms with van der Waals surface area (Å²) in [4.78, 5) is 25.6. The van der Waals surface area contributed by atoms with Crippen molar-refractivity contribution < 1.29 is 13.9 Å². The molecule has 0 atom stereocenters. The van der Waals surface area contributed by atoms with Gasteiger partial charge in [-0.25, -0.2) is 14.4 Å². The molecule has 2 aliphatic rings. The van der Waals surface area contributed by atoms with Crippen LogP contribution in [0.2, 0.25) is 0 Å². The van der Waals surface area contributed by atoms with Gasteiger partial charge in [0.25, 0.3) is 0 Å². The SMILES string of the molecule is CCCN(CC1CC1)c1cc(C(=O)Cc2ccc(N3CCOCC3)c(F)c2)ncn1. The van der Waals surface area contributed by atoms with Crippen molar-refractivity contribution in [2.75, 3.05) is 49.2 Å². The van der Waals surface area contributed by atoms with Crippen LogP contribution in [0.15, 0.2) is 30.6 Å². The molecular formula is C23H29FN4O2. The lowest BCUT2D eigenvalue weighted by Gasteiger charge is -2.29. The summed E-state index contributed by atoms with van der Waals surface area (Å²) in [5.41, 5.74) is 1.60. The first kappa shape index (κ1) is 20.7. The number of nitrogens with zero attached hydrogens (tertiary/aromatic N) is 4. The number of aromatic nitrogens is 2. The molecule has 1 aliphatic heterocycles. The third-order valence-corrected chi connectivity index (χ3v) is 5.66. The highest BCUT2D eigenvalue weighted by atomic mass is 19.1. The highest BCUT2D eigenvalue weighted by molar-refractivity contribution is 5.96. The molecule has 2 fully saturated rings. The van der Waals surface area contributed by atoms with Crippen LogP contribution in [0.5, 0.6) is 0 Å². The number of benzene rings is 1. The summed E-state index contributed by atoms with van der Waals surface area (Å²) in [6.45, 7) is 6.59. The van der Waals surface area contributed by atoms with Crippen LogP contribution in [0.3, 0.4) is 0 Å². The van der Waals surface area contributed by atoms with E-state index in [0.717, 1.165) is 31.2 Å². The molecule has 0 N–H and O–H groups in total. The minimum absolute atomic E-state index is 0.118. The largest absolute Gasteiger partial charge is 0.378 e. The maximum atomic E-state index is 14.6. The maximum Gasteiger partial charge on any atom is 0.185 e. The molecule has 1 saturated heterocycles. The van der Waals surface area contributed by atoms with Gasteiger partial charge in [0.2, 0.25) is 0 Å². The summed E-state index contributed by atoms with van der Waals surface area (Å²) < 4.78 is 20.0. The second-order valence-electron chi connectivity index (χ2n) is 8.14. The smallest absolute Gasteiger partial charge is 0.185 e. The van der Waals surface area contributed by atoms with Crippen LogP contribution in [0.25, 0.3) is 0 Å². The predicted octanol–water partition coefficient (Wildman–Crippen LogP) is 3.50. The Morgan fingerprint density at radius 3 is 2.73 bits per heavy atom. The Kier molecular flexibility index (Phi) is 6.57. The molecule has 30 heavy (non-hydrogen) atoms. The summed E-state index contributed by atoms with van der Waals surface area (Å²) in [6.07, 6.45) is 5.13. The third-order valence-electron chi connectivity index (χ3n) is 5.66. The molecule has 0 amide bonds. The Labute approximate surface area is 177 Å². The van der Waals surface area contributed by atoms with Crippen molar-refractivity contribution >= 4 is 17.3 Å². The van der Waals surface area contributed by atoms with E-state index in [0.29, 0.717) is 43.2 Å². The first-order valence-corrected chi connectivity index (χ1v) is 10.9. The van der Waals surface area contributed by atoms with Gasteiger partial charge in [-0.15, -0.1) is 0 Å². The predicted molar refractivity (Wildman–Crippen MR) is 115 cm³/mol. The number of carbonyl (C=O) groups excluding carboxylic acids is 1. The van der Waals surface area contributed by atoms with E-state index in [4.69, 9.17) is 4.74 Å². The third kappa shape index (κ3) is 5.14. The van der Waals surface area contributed by atoms with Crippen LogP contribution in [-0.4, -0.2) is 55.1 Å². The van der Waals surface area contributed by atoms with Crippen molar-refractivity contribution in [3.63, 3.8) is 0 Å². The standard InChI is InChI=1S/C23H29FN4O2/c1-2-7-28(15-17-3-4-17)23-14-20(25-16-26-23)22(29)13-18-5-6-21(19(24)12-18)27-8-10-30-11-9-27/h5-6,12,14,16-17H,2-4,7-11,13,15H2,1H3. The van der Waals surface area contributed by atoms with E-state index in [1.54, 1.807) is 12.1 Å². The van der Waals surface area contributed by atoms with Gasteiger partial charge in [-0.1, -0.05) is 13.0 Å². The number of ether oxygens (including phenoxy) is 1. The van der Waals surface area contributed by atoms with Crippen LogP contribution in [0, 0.1) is 11.7 Å². The zero-order valence-corrected chi connectivity index (χ0v) is 17.5. The highest BCUT2D eigenvalue weighted by Gasteiger charge is 2.25. The van der Waals surface area contributed by atoms with Crippen LogP contribution in [0.1, 0.15) is 42.2 Å². The van der Waals surface area contributed by atoms with E-state index in [9.17, 15) is 9.18 Å². The molecule has 0 unspecified atom stereocenters. The van der Waals surface area contributed by atoms with Gasteiger partial charge in [0.15, 0.2) is 5.78 Å². The van der Waals surface area contributed by atoms with E-state index in [1.165, 1.54) is 25.2 Å². The molecule has 0 bridgehead atoms.